The number of amides is 1. The van der Waals surface area contributed by atoms with Crippen LogP contribution in [0.5, 0.6) is 0 Å². The molecule has 0 bridgehead atoms. The molecular formula is C17H16F7N3O. The van der Waals surface area contributed by atoms with Crippen LogP contribution in [0.4, 0.5) is 36.7 Å². The van der Waals surface area contributed by atoms with E-state index in [4.69, 9.17) is 0 Å². The molecule has 0 radical (unpaired) electrons. The van der Waals surface area contributed by atoms with Crippen LogP contribution >= 0.6 is 0 Å². The number of hydrogen-bond donors (Lipinski definition) is 1. The zero-order valence-corrected chi connectivity index (χ0v) is 15.0. The molecule has 2 aromatic rings. The van der Waals surface area contributed by atoms with Crippen molar-refractivity contribution in [2.75, 3.05) is 5.32 Å². The van der Waals surface area contributed by atoms with Crippen molar-refractivity contribution < 1.29 is 35.5 Å². The molecule has 1 aromatic carbocycles. The van der Waals surface area contributed by atoms with Crippen molar-refractivity contribution in [2.45, 2.75) is 51.0 Å². The second kappa shape index (κ2) is 6.08. The van der Waals surface area contributed by atoms with Gasteiger partial charge < -0.3 is 4.57 Å². The molecule has 11 heteroatoms. The Morgan fingerprint density at radius 2 is 1.82 bits per heavy atom. The van der Waals surface area contributed by atoms with E-state index in [1.54, 1.807) is 20.8 Å². The van der Waals surface area contributed by atoms with Crippen LogP contribution in [0.1, 0.15) is 33.6 Å². The van der Waals surface area contributed by atoms with Crippen LogP contribution in [0.2, 0.25) is 0 Å². The van der Waals surface area contributed by atoms with Crippen LogP contribution in [0.25, 0.3) is 11.0 Å². The van der Waals surface area contributed by atoms with E-state index < -0.39 is 65.0 Å². The number of aromatic nitrogens is 2. The van der Waals surface area contributed by atoms with Crippen molar-refractivity contribution in [1.82, 2.24) is 9.55 Å². The van der Waals surface area contributed by atoms with Gasteiger partial charge in [-0.05, 0) is 20.8 Å². The average Bonchev–Trinajstić information content (AvgIpc) is 2.90. The molecule has 0 saturated heterocycles. The van der Waals surface area contributed by atoms with Crippen molar-refractivity contribution in [3.63, 3.8) is 0 Å². The minimum atomic E-state index is -4.31. The first-order valence-electron chi connectivity index (χ1n) is 8.28. The summed E-state index contributed by atoms with van der Waals surface area (Å²) < 4.78 is 95.1. The third-order valence-electron chi connectivity index (χ3n) is 4.64. The number of hydrogen-bond acceptors (Lipinski definition) is 2. The van der Waals surface area contributed by atoms with Crippen molar-refractivity contribution in [3.8, 4) is 0 Å². The quantitative estimate of drug-likeness (QED) is 0.581. The Hall–Kier alpha value is -2.33. The standard InChI is InChI=1S/C17H16F7N3O/c1-15(2,3)27-13-9(5-8(18)11(19)12(13)20)25-14(27)26-10(28)4-7-6-16(21,22)17(7,23)24/h5,7H,4,6H2,1-3H3,(H,25,26,28). The molecule has 154 valence electrons. The lowest BCUT2D eigenvalue weighted by Crippen LogP contribution is -2.59. The zero-order chi connectivity index (χ0) is 21.2. The van der Waals surface area contributed by atoms with E-state index in [9.17, 15) is 35.5 Å². The van der Waals surface area contributed by atoms with Crippen LogP contribution in [-0.4, -0.2) is 27.3 Å². The van der Waals surface area contributed by atoms with Gasteiger partial charge in [0.05, 0.1) is 5.52 Å². The molecule has 28 heavy (non-hydrogen) atoms. The number of anilines is 1. The number of nitrogens with one attached hydrogen (secondary N) is 1. The Morgan fingerprint density at radius 1 is 1.21 bits per heavy atom. The van der Waals surface area contributed by atoms with Crippen molar-refractivity contribution >= 4 is 22.9 Å². The molecule has 1 heterocycles. The molecule has 4 nitrogen and oxygen atoms in total. The molecule has 0 spiro atoms. The van der Waals surface area contributed by atoms with Crippen LogP contribution in [0.3, 0.4) is 0 Å². The first kappa shape index (κ1) is 20.4. The van der Waals surface area contributed by atoms with Crippen LogP contribution < -0.4 is 5.32 Å². The average molecular weight is 411 g/mol. The van der Waals surface area contributed by atoms with E-state index in [0.717, 1.165) is 4.57 Å². The first-order valence-corrected chi connectivity index (χ1v) is 8.28. The normalized spacial score (nSPS) is 20.9. The number of rotatable bonds is 3. The molecule has 1 atom stereocenters. The minimum absolute atomic E-state index is 0.304. The molecule has 1 aromatic heterocycles. The number of fused-ring (bicyclic) bond motifs is 1. The summed E-state index contributed by atoms with van der Waals surface area (Å²) in [6.07, 6.45) is -2.06. The fourth-order valence-electron chi connectivity index (χ4n) is 3.22. The van der Waals surface area contributed by atoms with E-state index in [0.29, 0.717) is 6.07 Å². The molecule has 1 saturated carbocycles. The maximum Gasteiger partial charge on any atom is 0.313 e. The van der Waals surface area contributed by atoms with Gasteiger partial charge in [-0.25, -0.2) is 18.2 Å². The Kier molecular flexibility index (Phi) is 4.43. The smallest absolute Gasteiger partial charge is 0.302 e. The molecular weight excluding hydrogens is 395 g/mol. The van der Waals surface area contributed by atoms with Crippen LogP contribution in [-0.2, 0) is 10.3 Å². The molecule has 1 N–H and O–H groups in total. The van der Waals surface area contributed by atoms with Gasteiger partial charge in [-0.15, -0.1) is 0 Å². The van der Waals surface area contributed by atoms with Gasteiger partial charge >= 0.3 is 11.8 Å². The zero-order valence-electron chi connectivity index (χ0n) is 15.0. The molecule has 1 aliphatic carbocycles. The van der Waals surface area contributed by atoms with E-state index >= 15 is 0 Å². The summed E-state index contributed by atoms with van der Waals surface area (Å²) in [4.78, 5) is 16.0. The second-order valence-corrected chi connectivity index (χ2v) is 7.78. The minimum Gasteiger partial charge on any atom is -0.302 e. The second-order valence-electron chi connectivity index (χ2n) is 7.78. The van der Waals surface area contributed by atoms with Crippen molar-refractivity contribution in [3.05, 3.63) is 23.5 Å². The Balaban J connectivity index is 1.95. The Bertz CT molecular complexity index is 962. The summed E-state index contributed by atoms with van der Waals surface area (Å²) in [6, 6.07) is 0.631. The highest BCUT2D eigenvalue weighted by Gasteiger charge is 2.71. The Morgan fingerprint density at radius 3 is 2.32 bits per heavy atom. The van der Waals surface area contributed by atoms with Gasteiger partial charge in [-0.1, -0.05) is 0 Å². The van der Waals surface area contributed by atoms with Gasteiger partial charge in [0.1, 0.15) is 5.52 Å². The van der Waals surface area contributed by atoms with E-state index in [-0.39, 0.29) is 11.5 Å². The summed E-state index contributed by atoms with van der Waals surface area (Å²) in [5.74, 6) is -16.5. The van der Waals surface area contributed by atoms with Crippen LogP contribution in [0, 0.1) is 23.4 Å². The molecule has 0 aliphatic heterocycles. The highest BCUT2D eigenvalue weighted by molar-refractivity contribution is 5.92. The predicted octanol–water partition coefficient (Wildman–Crippen LogP) is 4.83. The topological polar surface area (TPSA) is 46.9 Å². The SMILES string of the molecule is CC(C)(C)n1c(NC(=O)CC2CC(F)(F)C2(F)F)nc2cc(F)c(F)c(F)c21. The highest BCUT2D eigenvalue weighted by atomic mass is 19.3. The molecule has 1 aliphatic rings. The van der Waals surface area contributed by atoms with Gasteiger partial charge in [0.15, 0.2) is 17.5 Å². The number of carbonyl (C=O) groups is 1. The number of nitrogens with zero attached hydrogens (tertiary/aromatic N) is 2. The fraction of sp³-hybridized carbons (Fsp3) is 0.529. The molecule has 3 rings (SSSR count). The monoisotopic (exact) mass is 411 g/mol. The number of carbonyl (C=O) groups excluding carboxylic acids is 1. The summed E-state index contributed by atoms with van der Waals surface area (Å²) in [6.45, 7) is 4.68. The van der Waals surface area contributed by atoms with Crippen molar-refractivity contribution in [1.29, 1.82) is 0 Å². The summed E-state index contributed by atoms with van der Waals surface area (Å²) >= 11 is 0. The summed E-state index contributed by atoms with van der Waals surface area (Å²) in [5, 5.41) is 2.16. The third-order valence-corrected chi connectivity index (χ3v) is 4.64. The van der Waals surface area contributed by atoms with Gasteiger partial charge in [0.25, 0.3) is 0 Å². The third kappa shape index (κ3) is 3.00. The number of imidazole rings is 1. The highest BCUT2D eigenvalue weighted by Crippen LogP contribution is 2.56. The predicted molar refractivity (Wildman–Crippen MR) is 85.9 cm³/mol. The molecule has 1 fully saturated rings. The lowest BCUT2D eigenvalue weighted by molar-refractivity contribution is -0.313. The fourth-order valence-corrected chi connectivity index (χ4v) is 3.22. The molecule has 1 amide bonds. The number of alkyl halides is 4. The summed E-state index contributed by atoms with van der Waals surface area (Å²) in [7, 11) is 0. The van der Waals surface area contributed by atoms with Gasteiger partial charge in [-0.2, -0.15) is 17.6 Å². The Labute approximate surface area is 154 Å². The van der Waals surface area contributed by atoms with Gasteiger partial charge in [-0.3, -0.25) is 10.1 Å². The number of halogens is 7. The largest absolute Gasteiger partial charge is 0.313 e. The lowest BCUT2D eigenvalue weighted by Gasteiger charge is -2.43. The maximum absolute atomic E-state index is 14.3. The van der Waals surface area contributed by atoms with Crippen LogP contribution in [0.15, 0.2) is 6.07 Å². The van der Waals surface area contributed by atoms with Gasteiger partial charge in [0.2, 0.25) is 11.9 Å². The lowest BCUT2D eigenvalue weighted by atomic mass is 9.74. The first-order chi connectivity index (χ1) is 12.7. The van der Waals surface area contributed by atoms with Gasteiger partial charge in [0, 0.05) is 30.4 Å². The van der Waals surface area contributed by atoms with Crippen molar-refractivity contribution in [2.24, 2.45) is 5.92 Å². The maximum atomic E-state index is 14.3. The van der Waals surface area contributed by atoms with E-state index in [1.165, 1.54) is 0 Å². The summed E-state index contributed by atoms with van der Waals surface area (Å²) in [5.41, 5.74) is -1.71. The van der Waals surface area contributed by atoms with E-state index in [1.807, 2.05) is 0 Å². The number of benzene rings is 1. The molecule has 1 unspecified atom stereocenters. The van der Waals surface area contributed by atoms with E-state index in [2.05, 4.69) is 10.3 Å².